The summed E-state index contributed by atoms with van der Waals surface area (Å²) in [7, 11) is -3.07. The zero-order valence-electron chi connectivity index (χ0n) is 16.1. The summed E-state index contributed by atoms with van der Waals surface area (Å²) in [4.78, 5) is 22.6. The second-order valence-electron chi connectivity index (χ2n) is 6.16. The number of amides is 1. The number of benzene rings is 3. The van der Waals surface area contributed by atoms with Crippen LogP contribution >= 0.6 is 0 Å². The number of ether oxygens (including phenoxy) is 1. The van der Waals surface area contributed by atoms with Crippen LogP contribution in [0.25, 0.3) is 0 Å². The van der Waals surface area contributed by atoms with E-state index >= 15 is 0 Å². The van der Waals surface area contributed by atoms with Gasteiger partial charge in [0.05, 0.1) is 23.3 Å². The molecule has 0 spiro atoms. The molecule has 0 atom stereocenters. The van der Waals surface area contributed by atoms with Gasteiger partial charge >= 0.3 is 10.1 Å². The maximum absolute atomic E-state index is 12.9. The van der Waals surface area contributed by atoms with E-state index in [0.717, 1.165) is 24.3 Å². The molecule has 0 unspecified atom stereocenters. The molecule has 0 aromatic heterocycles. The Hall–Kier alpha value is -4.12. The summed E-state index contributed by atoms with van der Waals surface area (Å²) >= 11 is 0. The highest BCUT2D eigenvalue weighted by Gasteiger charge is 2.27. The molecule has 0 radical (unpaired) electrons. The van der Waals surface area contributed by atoms with Crippen molar-refractivity contribution in [1.29, 1.82) is 0 Å². The number of rotatable bonds is 7. The molecular weight excluding hydrogens is 426 g/mol. The van der Waals surface area contributed by atoms with Crippen molar-refractivity contribution in [2.45, 2.75) is 4.90 Å². The van der Waals surface area contributed by atoms with Gasteiger partial charge in [-0.3, -0.25) is 14.9 Å². The van der Waals surface area contributed by atoms with Crippen molar-refractivity contribution >= 4 is 33.1 Å². The maximum atomic E-state index is 12.9. The van der Waals surface area contributed by atoms with Crippen LogP contribution in [0.4, 0.5) is 17.1 Å². The Morgan fingerprint density at radius 3 is 2.35 bits per heavy atom. The largest absolute Gasteiger partial charge is 0.495 e. The Balaban J connectivity index is 1.95. The molecule has 0 saturated heterocycles. The van der Waals surface area contributed by atoms with Crippen LogP contribution in [-0.2, 0) is 10.1 Å². The van der Waals surface area contributed by atoms with Gasteiger partial charge in [-0.1, -0.05) is 18.2 Å². The first-order valence-corrected chi connectivity index (χ1v) is 10.2. The van der Waals surface area contributed by atoms with E-state index in [1.54, 1.807) is 24.3 Å². The normalized spacial score (nSPS) is 10.9. The number of para-hydroxylation sites is 2. The standard InChI is InChI=1S/C20H17N3O7S/c1-29-17-7-3-2-6-16(17)22-20(24)19-15(21)5-4-8-18(19)31(27,28)30-14-11-9-13(10-12-14)23(25)26/h2-12H,21H2,1H3,(H,22,24). The van der Waals surface area contributed by atoms with E-state index in [1.807, 2.05) is 0 Å². The van der Waals surface area contributed by atoms with Gasteiger partial charge in [0.15, 0.2) is 0 Å². The molecule has 3 N–H and O–H groups in total. The highest BCUT2D eigenvalue weighted by Crippen LogP contribution is 2.29. The number of methoxy groups -OCH3 is 1. The van der Waals surface area contributed by atoms with Gasteiger partial charge in [0, 0.05) is 17.8 Å². The molecule has 0 saturated carbocycles. The molecule has 3 rings (SSSR count). The summed E-state index contributed by atoms with van der Waals surface area (Å²) < 4.78 is 35.9. The SMILES string of the molecule is COc1ccccc1NC(=O)c1c(N)cccc1S(=O)(=O)Oc1ccc([N+](=O)[O-])cc1. The van der Waals surface area contributed by atoms with Crippen molar-refractivity contribution in [2.24, 2.45) is 0 Å². The van der Waals surface area contributed by atoms with Crippen molar-refractivity contribution in [2.75, 3.05) is 18.2 Å². The molecule has 31 heavy (non-hydrogen) atoms. The number of anilines is 2. The van der Waals surface area contributed by atoms with Crippen LogP contribution in [0.1, 0.15) is 10.4 Å². The summed E-state index contributed by atoms with van der Waals surface area (Å²) in [5.41, 5.74) is 5.60. The highest BCUT2D eigenvalue weighted by atomic mass is 32.2. The average molecular weight is 443 g/mol. The number of non-ortho nitro benzene ring substituents is 1. The lowest BCUT2D eigenvalue weighted by Gasteiger charge is -2.15. The van der Waals surface area contributed by atoms with Crippen LogP contribution in [0.15, 0.2) is 71.6 Å². The molecule has 3 aromatic carbocycles. The second kappa shape index (κ2) is 8.71. The number of hydrogen-bond donors (Lipinski definition) is 2. The predicted octanol–water partition coefficient (Wildman–Crippen LogP) is 3.21. The fourth-order valence-corrected chi connectivity index (χ4v) is 3.89. The maximum Gasteiger partial charge on any atom is 0.340 e. The zero-order valence-corrected chi connectivity index (χ0v) is 17.0. The molecule has 0 fully saturated rings. The first kappa shape index (κ1) is 21.6. The van der Waals surface area contributed by atoms with E-state index in [0.29, 0.717) is 11.4 Å². The molecule has 0 aliphatic carbocycles. The first-order valence-electron chi connectivity index (χ1n) is 8.74. The third kappa shape index (κ3) is 4.73. The molecule has 10 nitrogen and oxygen atoms in total. The molecule has 0 aliphatic heterocycles. The van der Waals surface area contributed by atoms with Gasteiger partial charge in [0.2, 0.25) is 0 Å². The molecule has 0 bridgehead atoms. The van der Waals surface area contributed by atoms with Crippen molar-refractivity contribution in [1.82, 2.24) is 0 Å². The quantitative estimate of drug-likeness (QED) is 0.244. The van der Waals surface area contributed by atoms with Gasteiger partial charge in [-0.25, -0.2) is 0 Å². The third-order valence-electron chi connectivity index (χ3n) is 4.16. The number of nitrogen functional groups attached to an aromatic ring is 1. The van der Waals surface area contributed by atoms with E-state index in [2.05, 4.69) is 5.32 Å². The molecule has 0 heterocycles. The van der Waals surface area contributed by atoms with E-state index < -0.39 is 25.8 Å². The van der Waals surface area contributed by atoms with E-state index in [-0.39, 0.29) is 22.7 Å². The number of nitro benzene ring substituents is 1. The third-order valence-corrected chi connectivity index (χ3v) is 5.45. The van der Waals surface area contributed by atoms with Crippen LogP contribution < -0.4 is 20.0 Å². The van der Waals surface area contributed by atoms with Crippen molar-refractivity contribution in [3.63, 3.8) is 0 Å². The minimum absolute atomic E-state index is 0.0826. The number of hydrogen-bond acceptors (Lipinski definition) is 8. The molecule has 1 amide bonds. The summed E-state index contributed by atoms with van der Waals surface area (Å²) in [6, 6.07) is 15.0. The number of nitrogens with two attached hydrogens (primary N) is 1. The number of nitrogens with zero attached hydrogens (tertiary/aromatic N) is 1. The van der Waals surface area contributed by atoms with E-state index in [1.165, 1.54) is 25.3 Å². The molecule has 160 valence electrons. The monoisotopic (exact) mass is 443 g/mol. The zero-order chi connectivity index (χ0) is 22.6. The lowest BCUT2D eigenvalue weighted by molar-refractivity contribution is -0.384. The Bertz CT molecular complexity index is 1240. The van der Waals surface area contributed by atoms with Gasteiger partial charge in [-0.2, -0.15) is 8.42 Å². The Kier molecular flexibility index (Phi) is 6.07. The predicted molar refractivity (Wildman–Crippen MR) is 113 cm³/mol. The van der Waals surface area contributed by atoms with E-state index in [9.17, 15) is 23.3 Å². The minimum atomic E-state index is -4.49. The lowest BCUT2D eigenvalue weighted by atomic mass is 10.1. The molecular formula is C20H17N3O7S. The topological polar surface area (TPSA) is 151 Å². The van der Waals surface area contributed by atoms with Gasteiger partial charge in [-0.05, 0) is 36.4 Å². The van der Waals surface area contributed by atoms with Crippen molar-refractivity contribution in [3.8, 4) is 11.5 Å². The lowest BCUT2D eigenvalue weighted by Crippen LogP contribution is -2.21. The fraction of sp³-hybridized carbons (Fsp3) is 0.0500. The van der Waals surface area contributed by atoms with Crippen LogP contribution in [0.3, 0.4) is 0 Å². The minimum Gasteiger partial charge on any atom is -0.495 e. The number of nitrogens with one attached hydrogen (secondary N) is 1. The highest BCUT2D eigenvalue weighted by molar-refractivity contribution is 7.87. The summed E-state index contributed by atoms with van der Waals surface area (Å²) in [5.74, 6) is -0.575. The fourth-order valence-electron chi connectivity index (χ4n) is 2.73. The first-order chi connectivity index (χ1) is 14.7. The number of carbonyl (C=O) groups excluding carboxylic acids is 1. The summed E-state index contributed by atoms with van der Waals surface area (Å²) in [5, 5.41) is 13.3. The van der Waals surface area contributed by atoms with Crippen LogP contribution in [0, 0.1) is 10.1 Å². The summed E-state index contributed by atoms with van der Waals surface area (Å²) in [6.07, 6.45) is 0. The van der Waals surface area contributed by atoms with Gasteiger partial charge in [-0.15, -0.1) is 0 Å². The van der Waals surface area contributed by atoms with Crippen LogP contribution in [-0.4, -0.2) is 26.4 Å². The van der Waals surface area contributed by atoms with Crippen LogP contribution in [0.2, 0.25) is 0 Å². The Morgan fingerprint density at radius 1 is 1.03 bits per heavy atom. The molecule has 3 aromatic rings. The Labute approximate surface area is 177 Å². The molecule has 0 aliphatic rings. The second-order valence-corrected chi connectivity index (χ2v) is 7.68. The van der Waals surface area contributed by atoms with Crippen LogP contribution in [0.5, 0.6) is 11.5 Å². The van der Waals surface area contributed by atoms with Gasteiger partial charge in [0.1, 0.15) is 16.4 Å². The average Bonchev–Trinajstić information content (AvgIpc) is 2.74. The van der Waals surface area contributed by atoms with E-state index in [4.69, 9.17) is 14.7 Å². The van der Waals surface area contributed by atoms with Crippen molar-refractivity contribution < 1.29 is 27.1 Å². The Morgan fingerprint density at radius 2 is 1.71 bits per heavy atom. The van der Waals surface area contributed by atoms with Gasteiger partial charge < -0.3 is 20.0 Å². The van der Waals surface area contributed by atoms with Crippen molar-refractivity contribution in [3.05, 3.63) is 82.4 Å². The number of carbonyl (C=O) groups is 1. The number of nitro groups is 1. The summed E-state index contributed by atoms with van der Waals surface area (Å²) in [6.45, 7) is 0. The molecule has 11 heteroatoms. The van der Waals surface area contributed by atoms with Gasteiger partial charge in [0.25, 0.3) is 11.6 Å². The smallest absolute Gasteiger partial charge is 0.340 e.